The molecule has 0 aromatic heterocycles. The number of rotatable bonds is 3. The van der Waals surface area contributed by atoms with Crippen LogP contribution in [0.1, 0.15) is 5.56 Å². The lowest BCUT2D eigenvalue weighted by Gasteiger charge is -2.32. The first kappa shape index (κ1) is 14.8. The van der Waals surface area contributed by atoms with Gasteiger partial charge in [0.1, 0.15) is 0 Å². The van der Waals surface area contributed by atoms with Crippen molar-refractivity contribution in [3.8, 4) is 0 Å². The molecule has 22 heavy (non-hydrogen) atoms. The number of amides is 2. The molecular formula is C17H15ClN2O2. The van der Waals surface area contributed by atoms with E-state index in [-0.39, 0.29) is 24.9 Å². The van der Waals surface area contributed by atoms with Crippen molar-refractivity contribution in [2.24, 2.45) is 0 Å². The van der Waals surface area contributed by atoms with E-state index in [1.807, 2.05) is 35.2 Å². The smallest absolute Gasteiger partial charge is 0.247 e. The molecule has 112 valence electrons. The van der Waals surface area contributed by atoms with E-state index in [2.05, 4.69) is 0 Å². The van der Waals surface area contributed by atoms with Crippen LogP contribution in [0.5, 0.6) is 0 Å². The molecule has 1 aliphatic rings. The fourth-order valence-corrected chi connectivity index (χ4v) is 2.68. The summed E-state index contributed by atoms with van der Waals surface area (Å²) in [7, 11) is 0. The van der Waals surface area contributed by atoms with Gasteiger partial charge in [0.2, 0.25) is 11.8 Å². The largest absolute Gasteiger partial charge is 0.281 e. The third kappa shape index (κ3) is 3.18. The first-order valence-electron chi connectivity index (χ1n) is 7.01. The summed E-state index contributed by atoms with van der Waals surface area (Å²) >= 11 is 5.84. The quantitative estimate of drug-likeness (QED) is 0.818. The SMILES string of the molecule is O=C1CN(Cc2ccccc2)CC(=O)N1c1ccc(Cl)cc1. The summed E-state index contributed by atoms with van der Waals surface area (Å²) < 4.78 is 0. The molecule has 2 amide bonds. The van der Waals surface area contributed by atoms with Crippen LogP contribution in [0.25, 0.3) is 0 Å². The average molecular weight is 315 g/mol. The zero-order valence-electron chi connectivity index (χ0n) is 11.9. The Bertz CT molecular complexity index is 668. The minimum atomic E-state index is -0.213. The summed E-state index contributed by atoms with van der Waals surface area (Å²) in [4.78, 5) is 27.7. The highest BCUT2D eigenvalue weighted by atomic mass is 35.5. The topological polar surface area (TPSA) is 40.6 Å². The van der Waals surface area contributed by atoms with Crippen LogP contribution in [0.4, 0.5) is 5.69 Å². The van der Waals surface area contributed by atoms with E-state index in [0.717, 1.165) is 5.56 Å². The van der Waals surface area contributed by atoms with Crippen LogP contribution in [0, 0.1) is 0 Å². The maximum absolute atomic E-state index is 12.3. The van der Waals surface area contributed by atoms with Gasteiger partial charge in [-0.2, -0.15) is 0 Å². The van der Waals surface area contributed by atoms with Gasteiger partial charge in [-0.05, 0) is 29.8 Å². The van der Waals surface area contributed by atoms with Crippen LogP contribution in [0.2, 0.25) is 5.02 Å². The van der Waals surface area contributed by atoms with Crippen molar-refractivity contribution in [1.29, 1.82) is 0 Å². The summed E-state index contributed by atoms with van der Waals surface area (Å²) in [5, 5.41) is 0.575. The Morgan fingerprint density at radius 3 is 2.05 bits per heavy atom. The monoisotopic (exact) mass is 314 g/mol. The van der Waals surface area contributed by atoms with Gasteiger partial charge in [-0.3, -0.25) is 14.5 Å². The molecule has 1 saturated heterocycles. The molecule has 2 aromatic rings. The van der Waals surface area contributed by atoms with Crippen molar-refractivity contribution in [2.45, 2.75) is 6.54 Å². The Kier molecular flexibility index (Phi) is 4.22. The third-order valence-electron chi connectivity index (χ3n) is 3.55. The highest BCUT2D eigenvalue weighted by Gasteiger charge is 2.31. The second kappa shape index (κ2) is 6.30. The van der Waals surface area contributed by atoms with Crippen molar-refractivity contribution < 1.29 is 9.59 Å². The third-order valence-corrected chi connectivity index (χ3v) is 3.80. The van der Waals surface area contributed by atoms with Gasteiger partial charge in [-0.15, -0.1) is 0 Å². The zero-order valence-corrected chi connectivity index (χ0v) is 12.7. The highest BCUT2D eigenvalue weighted by Crippen LogP contribution is 2.21. The van der Waals surface area contributed by atoms with E-state index in [1.165, 1.54) is 4.90 Å². The molecular weight excluding hydrogens is 300 g/mol. The minimum Gasteiger partial charge on any atom is -0.281 e. The minimum absolute atomic E-state index is 0.213. The molecule has 0 saturated carbocycles. The number of anilines is 1. The van der Waals surface area contributed by atoms with Gasteiger partial charge in [-0.25, -0.2) is 4.90 Å². The molecule has 0 spiro atoms. The first-order chi connectivity index (χ1) is 10.6. The zero-order chi connectivity index (χ0) is 15.5. The number of carbonyl (C=O) groups is 2. The molecule has 1 aliphatic heterocycles. The van der Waals surface area contributed by atoms with Crippen LogP contribution in [-0.2, 0) is 16.1 Å². The van der Waals surface area contributed by atoms with Gasteiger partial charge >= 0.3 is 0 Å². The standard InChI is InChI=1S/C17H15ClN2O2/c18-14-6-8-15(9-7-14)20-16(21)11-19(12-17(20)22)10-13-4-2-1-3-5-13/h1-9H,10-12H2. The van der Waals surface area contributed by atoms with E-state index in [4.69, 9.17) is 11.6 Å². The molecule has 5 heteroatoms. The molecule has 1 fully saturated rings. The Morgan fingerprint density at radius 1 is 0.864 bits per heavy atom. The van der Waals surface area contributed by atoms with Crippen LogP contribution < -0.4 is 4.90 Å². The summed E-state index contributed by atoms with van der Waals surface area (Å²) in [6, 6.07) is 16.5. The molecule has 4 nitrogen and oxygen atoms in total. The summed E-state index contributed by atoms with van der Waals surface area (Å²) in [5.74, 6) is -0.427. The van der Waals surface area contributed by atoms with Gasteiger partial charge in [0, 0.05) is 11.6 Å². The summed E-state index contributed by atoms with van der Waals surface area (Å²) in [5.41, 5.74) is 1.65. The molecule has 0 radical (unpaired) electrons. The van der Waals surface area contributed by atoms with Crippen molar-refractivity contribution in [3.05, 3.63) is 65.2 Å². The fraction of sp³-hybridized carbons (Fsp3) is 0.176. The van der Waals surface area contributed by atoms with Crippen molar-refractivity contribution >= 4 is 29.1 Å². The molecule has 0 atom stereocenters. The number of hydrogen-bond acceptors (Lipinski definition) is 3. The summed E-state index contributed by atoms with van der Waals surface area (Å²) in [6.07, 6.45) is 0. The van der Waals surface area contributed by atoms with E-state index < -0.39 is 0 Å². The second-order valence-electron chi connectivity index (χ2n) is 5.23. The molecule has 1 heterocycles. The lowest BCUT2D eigenvalue weighted by molar-refractivity contribution is -0.132. The number of piperazine rings is 1. The van der Waals surface area contributed by atoms with E-state index >= 15 is 0 Å². The van der Waals surface area contributed by atoms with Crippen molar-refractivity contribution in [3.63, 3.8) is 0 Å². The number of nitrogens with zero attached hydrogens (tertiary/aromatic N) is 2. The Labute approximate surface area is 133 Å². The molecule has 3 rings (SSSR count). The molecule has 0 N–H and O–H groups in total. The summed E-state index contributed by atoms with van der Waals surface area (Å²) in [6.45, 7) is 1.04. The highest BCUT2D eigenvalue weighted by molar-refractivity contribution is 6.30. The first-order valence-corrected chi connectivity index (χ1v) is 7.39. The van der Waals surface area contributed by atoms with E-state index in [0.29, 0.717) is 17.3 Å². The van der Waals surface area contributed by atoms with E-state index in [1.54, 1.807) is 24.3 Å². The average Bonchev–Trinajstić information content (AvgIpc) is 2.49. The lowest BCUT2D eigenvalue weighted by atomic mass is 10.2. The van der Waals surface area contributed by atoms with Crippen molar-refractivity contribution in [1.82, 2.24) is 4.90 Å². The number of carbonyl (C=O) groups excluding carboxylic acids is 2. The molecule has 0 unspecified atom stereocenters. The van der Waals surface area contributed by atoms with E-state index in [9.17, 15) is 9.59 Å². The molecule has 0 bridgehead atoms. The predicted octanol–water partition coefficient (Wildman–Crippen LogP) is 2.72. The number of imide groups is 1. The van der Waals surface area contributed by atoms with Crippen molar-refractivity contribution in [2.75, 3.05) is 18.0 Å². The Hall–Kier alpha value is -2.17. The maximum Gasteiger partial charge on any atom is 0.247 e. The van der Waals surface area contributed by atoms with Gasteiger partial charge in [0.15, 0.2) is 0 Å². The lowest BCUT2D eigenvalue weighted by Crippen LogP contribution is -2.53. The number of hydrogen-bond donors (Lipinski definition) is 0. The van der Waals surface area contributed by atoms with Crippen LogP contribution in [-0.4, -0.2) is 29.8 Å². The predicted molar refractivity (Wildman–Crippen MR) is 85.7 cm³/mol. The fourth-order valence-electron chi connectivity index (χ4n) is 2.55. The van der Waals surface area contributed by atoms with Gasteiger partial charge in [-0.1, -0.05) is 41.9 Å². The normalized spacial score (nSPS) is 16.1. The number of benzene rings is 2. The van der Waals surface area contributed by atoms with Gasteiger partial charge in [0.05, 0.1) is 18.8 Å². The Morgan fingerprint density at radius 2 is 1.45 bits per heavy atom. The van der Waals surface area contributed by atoms with Gasteiger partial charge < -0.3 is 0 Å². The van der Waals surface area contributed by atoms with Crippen LogP contribution >= 0.6 is 11.6 Å². The second-order valence-corrected chi connectivity index (χ2v) is 5.67. The Balaban J connectivity index is 1.73. The molecule has 0 aliphatic carbocycles. The number of halogens is 1. The van der Waals surface area contributed by atoms with Crippen LogP contribution in [0.15, 0.2) is 54.6 Å². The maximum atomic E-state index is 12.3. The molecule has 2 aromatic carbocycles. The van der Waals surface area contributed by atoms with Crippen LogP contribution in [0.3, 0.4) is 0 Å². The van der Waals surface area contributed by atoms with Gasteiger partial charge in [0.25, 0.3) is 0 Å².